The Kier molecular flexibility index (Phi) is 9.33. The van der Waals surface area contributed by atoms with E-state index in [-0.39, 0.29) is 23.3 Å². The van der Waals surface area contributed by atoms with Gasteiger partial charge in [-0.15, -0.1) is 0 Å². The van der Waals surface area contributed by atoms with Crippen LogP contribution in [0.25, 0.3) is 11.5 Å². The molecule has 0 unspecified atom stereocenters. The summed E-state index contributed by atoms with van der Waals surface area (Å²) in [6.07, 6.45) is 6.59. The minimum Gasteiger partial charge on any atom is -0.444 e. The Balaban J connectivity index is 1.33. The molecule has 5 rings (SSSR count). The number of amides is 2. The number of halogens is 2. The van der Waals surface area contributed by atoms with Gasteiger partial charge in [0.2, 0.25) is 5.89 Å². The van der Waals surface area contributed by atoms with Gasteiger partial charge in [-0.2, -0.15) is 5.10 Å². The van der Waals surface area contributed by atoms with Crippen molar-refractivity contribution in [3.8, 4) is 11.5 Å². The second-order valence-corrected chi connectivity index (χ2v) is 12.8. The smallest absolute Gasteiger partial charge is 0.416 e. The van der Waals surface area contributed by atoms with Crippen LogP contribution in [0.1, 0.15) is 87.9 Å². The van der Waals surface area contributed by atoms with Crippen LogP contribution in [0.2, 0.25) is 0 Å². The van der Waals surface area contributed by atoms with Crippen LogP contribution >= 0.6 is 0 Å². The topological polar surface area (TPSA) is 119 Å². The van der Waals surface area contributed by atoms with Gasteiger partial charge in [0.1, 0.15) is 17.7 Å². The first kappa shape index (κ1) is 31.6. The second kappa shape index (κ2) is 13.0. The van der Waals surface area contributed by atoms with E-state index in [1.165, 1.54) is 30.6 Å². The monoisotopic (exact) mass is 613 g/mol. The summed E-state index contributed by atoms with van der Waals surface area (Å²) in [6, 6.07) is 3.31. The molecule has 0 saturated heterocycles. The van der Waals surface area contributed by atoms with Crippen LogP contribution < -0.4 is 15.1 Å². The van der Waals surface area contributed by atoms with Gasteiger partial charge >= 0.3 is 6.09 Å². The van der Waals surface area contributed by atoms with Crippen molar-refractivity contribution in [2.75, 3.05) is 37.0 Å². The Bertz CT molecular complexity index is 1460. The molecule has 0 spiro atoms. The maximum absolute atomic E-state index is 14.1. The number of anilines is 2. The van der Waals surface area contributed by atoms with Crippen molar-refractivity contribution in [3.05, 3.63) is 42.2 Å². The van der Waals surface area contributed by atoms with Crippen LogP contribution in [0.4, 0.5) is 25.1 Å². The van der Waals surface area contributed by atoms with Gasteiger partial charge in [-0.3, -0.25) is 14.4 Å². The van der Waals surface area contributed by atoms with E-state index in [1.807, 2.05) is 7.05 Å². The largest absolute Gasteiger partial charge is 0.444 e. The van der Waals surface area contributed by atoms with Crippen LogP contribution in [0.15, 0.2) is 35.2 Å². The summed E-state index contributed by atoms with van der Waals surface area (Å²) in [6.45, 7) is 6.82. The maximum Gasteiger partial charge on any atom is 0.416 e. The number of oxazole rings is 1. The molecule has 1 N–H and O–H groups in total. The number of ether oxygens (including phenoxy) is 1. The van der Waals surface area contributed by atoms with Gasteiger partial charge in [-0.1, -0.05) is 0 Å². The Morgan fingerprint density at radius 2 is 1.86 bits per heavy atom. The van der Waals surface area contributed by atoms with E-state index in [4.69, 9.17) is 9.15 Å². The molecule has 44 heavy (non-hydrogen) atoms. The first-order valence-electron chi connectivity index (χ1n) is 15.2. The van der Waals surface area contributed by atoms with Crippen molar-refractivity contribution in [2.45, 2.75) is 77.4 Å². The molecule has 2 aliphatic carbocycles. The minimum atomic E-state index is -2.85. The van der Waals surface area contributed by atoms with Gasteiger partial charge in [-0.05, 0) is 96.9 Å². The number of carbonyl (C=O) groups is 2. The van der Waals surface area contributed by atoms with Gasteiger partial charge in [0.15, 0.2) is 11.4 Å². The number of aromatic nitrogens is 4. The highest BCUT2D eigenvalue weighted by Crippen LogP contribution is 2.36. The summed E-state index contributed by atoms with van der Waals surface area (Å²) in [7, 11) is 3.35. The maximum atomic E-state index is 14.1. The standard InChI is InChI=1S/C31H41F2N7O4/c1-31(2,3)44-30(42)39(16-20-6-7-20)25-14-21(12-13-35-25)28-36-23(18-43-28)29(41)38(5)24-17-40(37-26(24)27(32)33)22-10-8-19(9-11-22)15-34-4/h12-14,17-20,22,27,34H,6-11,15-16H2,1-5H3/t19-,22-. The predicted octanol–water partition coefficient (Wildman–Crippen LogP) is 6.25. The van der Waals surface area contributed by atoms with E-state index in [9.17, 15) is 18.4 Å². The third kappa shape index (κ3) is 7.43. The van der Waals surface area contributed by atoms with Crippen molar-refractivity contribution in [1.82, 2.24) is 25.1 Å². The average molecular weight is 614 g/mol. The zero-order valence-electron chi connectivity index (χ0n) is 25.9. The SMILES string of the molecule is CNC[C@H]1CC[C@H](n2cc(N(C)C(=O)c3coc(-c4ccnc(N(CC5CC5)C(=O)OC(C)(C)C)c4)n3)c(C(F)F)n2)CC1. The van der Waals surface area contributed by atoms with Crippen molar-refractivity contribution in [1.29, 1.82) is 0 Å². The number of alkyl halides is 2. The zero-order chi connectivity index (χ0) is 31.6. The molecule has 3 heterocycles. The molecule has 3 aromatic heterocycles. The molecule has 11 nitrogen and oxygen atoms in total. The van der Waals surface area contributed by atoms with Crippen molar-refractivity contribution in [2.24, 2.45) is 11.8 Å². The fourth-order valence-electron chi connectivity index (χ4n) is 5.52. The molecule has 3 aromatic rings. The van der Waals surface area contributed by atoms with E-state index in [0.717, 1.165) is 50.0 Å². The molecule has 238 valence electrons. The van der Waals surface area contributed by atoms with Crippen molar-refractivity contribution < 1.29 is 27.5 Å². The minimum absolute atomic E-state index is 0.00226. The molecule has 0 atom stereocenters. The van der Waals surface area contributed by atoms with Crippen LogP contribution in [0.3, 0.4) is 0 Å². The first-order valence-corrected chi connectivity index (χ1v) is 15.2. The van der Waals surface area contributed by atoms with Gasteiger partial charge in [0.25, 0.3) is 12.3 Å². The summed E-state index contributed by atoms with van der Waals surface area (Å²) >= 11 is 0. The van der Waals surface area contributed by atoms with Crippen LogP contribution in [-0.2, 0) is 4.74 Å². The van der Waals surface area contributed by atoms with Gasteiger partial charge in [-0.25, -0.2) is 23.5 Å². The van der Waals surface area contributed by atoms with Crippen LogP contribution in [0, 0.1) is 11.8 Å². The first-order chi connectivity index (χ1) is 20.9. The van der Waals surface area contributed by atoms with Crippen LogP contribution in [0.5, 0.6) is 0 Å². The lowest BCUT2D eigenvalue weighted by Crippen LogP contribution is -2.38. The number of carbonyl (C=O) groups excluding carboxylic acids is 2. The molecule has 0 aliphatic heterocycles. The Hall–Kier alpha value is -3.87. The molecule has 0 aromatic carbocycles. The quantitative estimate of drug-likeness (QED) is 0.285. The molecular formula is C31H41F2N7O4. The van der Waals surface area contributed by atoms with Crippen LogP contribution in [-0.4, -0.2) is 64.5 Å². The number of pyridine rings is 1. The number of nitrogens with zero attached hydrogens (tertiary/aromatic N) is 6. The summed E-state index contributed by atoms with van der Waals surface area (Å²) < 4.78 is 40.9. The average Bonchev–Trinajstić information content (AvgIpc) is 3.47. The zero-order valence-corrected chi connectivity index (χ0v) is 25.9. The third-order valence-corrected chi connectivity index (χ3v) is 8.04. The lowest BCUT2D eigenvalue weighted by Gasteiger charge is -2.28. The van der Waals surface area contributed by atoms with E-state index in [2.05, 4.69) is 20.4 Å². The van der Waals surface area contributed by atoms with Gasteiger partial charge < -0.3 is 19.4 Å². The molecule has 13 heteroatoms. The number of rotatable bonds is 10. The fourth-order valence-corrected chi connectivity index (χ4v) is 5.52. The Morgan fingerprint density at radius 1 is 1.16 bits per heavy atom. The molecule has 2 fully saturated rings. The number of hydrogen-bond donors (Lipinski definition) is 1. The molecular weight excluding hydrogens is 572 g/mol. The predicted molar refractivity (Wildman–Crippen MR) is 161 cm³/mol. The summed E-state index contributed by atoms with van der Waals surface area (Å²) in [5, 5.41) is 7.41. The molecule has 2 amide bonds. The Labute approximate surface area is 256 Å². The lowest BCUT2D eigenvalue weighted by molar-refractivity contribution is 0.0577. The second-order valence-electron chi connectivity index (χ2n) is 12.8. The molecule has 2 saturated carbocycles. The normalized spacial score (nSPS) is 18.8. The highest BCUT2D eigenvalue weighted by Gasteiger charge is 2.32. The fraction of sp³-hybridized carbons (Fsp3) is 0.581. The lowest BCUT2D eigenvalue weighted by atomic mass is 9.86. The number of nitrogens with one attached hydrogen (secondary N) is 1. The van der Waals surface area contributed by atoms with E-state index >= 15 is 0 Å². The summed E-state index contributed by atoms with van der Waals surface area (Å²) in [5.41, 5.74) is -0.642. The summed E-state index contributed by atoms with van der Waals surface area (Å²) in [5.74, 6) is 0.828. The molecule has 0 radical (unpaired) electrons. The highest BCUT2D eigenvalue weighted by atomic mass is 19.3. The van der Waals surface area contributed by atoms with Gasteiger partial charge in [0, 0.05) is 31.5 Å². The van der Waals surface area contributed by atoms with E-state index < -0.39 is 29.7 Å². The van der Waals surface area contributed by atoms with Crippen molar-refractivity contribution in [3.63, 3.8) is 0 Å². The number of hydrogen-bond acceptors (Lipinski definition) is 8. The van der Waals surface area contributed by atoms with E-state index in [1.54, 1.807) is 37.6 Å². The molecule has 2 aliphatic rings. The summed E-state index contributed by atoms with van der Waals surface area (Å²) in [4.78, 5) is 37.8. The highest BCUT2D eigenvalue weighted by molar-refractivity contribution is 6.04. The Morgan fingerprint density at radius 3 is 2.50 bits per heavy atom. The third-order valence-electron chi connectivity index (χ3n) is 8.04. The molecule has 0 bridgehead atoms. The van der Waals surface area contributed by atoms with E-state index in [0.29, 0.717) is 29.8 Å². The van der Waals surface area contributed by atoms with Gasteiger partial charge in [0.05, 0.1) is 11.7 Å². The van der Waals surface area contributed by atoms with Crippen molar-refractivity contribution >= 4 is 23.5 Å².